The van der Waals surface area contributed by atoms with Crippen molar-refractivity contribution in [1.82, 2.24) is 0 Å². The highest BCUT2D eigenvalue weighted by molar-refractivity contribution is 9.10. The Hall–Kier alpha value is -1.84. The highest BCUT2D eigenvalue weighted by atomic mass is 79.9. The molecule has 4 nitrogen and oxygen atoms in total. The van der Waals surface area contributed by atoms with E-state index in [0.717, 1.165) is 0 Å². The van der Waals surface area contributed by atoms with Gasteiger partial charge in [0.25, 0.3) is 10.0 Å². The van der Waals surface area contributed by atoms with Gasteiger partial charge in [-0.25, -0.2) is 8.42 Å². The maximum absolute atomic E-state index is 12.2. The first-order chi connectivity index (χ1) is 9.03. The van der Waals surface area contributed by atoms with Crippen molar-refractivity contribution in [3.05, 3.63) is 58.6 Å². The topological polar surface area (TPSA) is 70.0 Å². The zero-order chi connectivity index (χ0) is 13.9. The molecular formula is C13H9BrN2O2S. The van der Waals surface area contributed by atoms with Crippen molar-refractivity contribution in [3.63, 3.8) is 0 Å². The molecule has 0 unspecified atom stereocenters. The van der Waals surface area contributed by atoms with Crippen molar-refractivity contribution in [2.45, 2.75) is 4.90 Å². The minimum Gasteiger partial charge on any atom is -0.278 e. The van der Waals surface area contributed by atoms with Gasteiger partial charge in [0, 0.05) is 4.47 Å². The summed E-state index contributed by atoms with van der Waals surface area (Å²) in [5.41, 5.74) is 0.750. The van der Waals surface area contributed by atoms with Gasteiger partial charge >= 0.3 is 0 Å². The molecule has 96 valence electrons. The summed E-state index contributed by atoms with van der Waals surface area (Å²) < 4.78 is 27.5. The Morgan fingerprint density at radius 3 is 2.53 bits per heavy atom. The Morgan fingerprint density at radius 2 is 1.84 bits per heavy atom. The third-order valence-electron chi connectivity index (χ3n) is 2.39. The van der Waals surface area contributed by atoms with E-state index in [0.29, 0.717) is 15.7 Å². The fourth-order valence-electron chi connectivity index (χ4n) is 1.48. The molecular weight excluding hydrogens is 328 g/mol. The minimum atomic E-state index is -3.70. The molecule has 0 aliphatic carbocycles. The van der Waals surface area contributed by atoms with E-state index in [2.05, 4.69) is 20.7 Å². The number of sulfonamides is 1. The van der Waals surface area contributed by atoms with Crippen molar-refractivity contribution < 1.29 is 8.42 Å². The Morgan fingerprint density at radius 1 is 1.11 bits per heavy atom. The van der Waals surface area contributed by atoms with Crippen LogP contribution in [0.5, 0.6) is 0 Å². The molecule has 0 atom stereocenters. The second-order valence-corrected chi connectivity index (χ2v) is 6.26. The van der Waals surface area contributed by atoms with Crippen LogP contribution >= 0.6 is 15.9 Å². The van der Waals surface area contributed by atoms with Crippen molar-refractivity contribution >= 4 is 31.6 Å². The molecule has 0 radical (unpaired) electrons. The standard InChI is InChI=1S/C13H9BrN2O2S/c14-12-6-1-2-7-13(12)16-19(17,18)11-5-3-4-10(8-11)9-15/h1-8,16H. The summed E-state index contributed by atoms with van der Waals surface area (Å²) in [5.74, 6) is 0. The number of rotatable bonds is 3. The van der Waals surface area contributed by atoms with Gasteiger partial charge in [0.15, 0.2) is 0 Å². The molecule has 0 saturated heterocycles. The van der Waals surface area contributed by atoms with Crippen LogP contribution in [0.25, 0.3) is 0 Å². The highest BCUT2D eigenvalue weighted by Gasteiger charge is 2.15. The molecule has 2 aromatic carbocycles. The van der Waals surface area contributed by atoms with E-state index in [-0.39, 0.29) is 4.90 Å². The van der Waals surface area contributed by atoms with E-state index in [4.69, 9.17) is 5.26 Å². The lowest BCUT2D eigenvalue weighted by atomic mass is 10.2. The number of nitriles is 1. The van der Waals surface area contributed by atoms with E-state index in [1.54, 1.807) is 30.3 Å². The number of nitrogens with zero attached hydrogens (tertiary/aromatic N) is 1. The van der Waals surface area contributed by atoms with E-state index >= 15 is 0 Å². The predicted octanol–water partition coefficient (Wildman–Crippen LogP) is 3.12. The molecule has 1 N–H and O–H groups in total. The number of para-hydroxylation sites is 1. The lowest BCUT2D eigenvalue weighted by molar-refractivity contribution is 0.601. The minimum absolute atomic E-state index is 0.0577. The quantitative estimate of drug-likeness (QED) is 0.935. The Labute approximate surface area is 119 Å². The third-order valence-corrected chi connectivity index (χ3v) is 4.45. The normalized spacial score (nSPS) is 10.7. The maximum Gasteiger partial charge on any atom is 0.261 e. The number of halogens is 1. The van der Waals surface area contributed by atoms with Crippen LogP contribution in [0.1, 0.15) is 5.56 Å². The molecule has 6 heteroatoms. The number of hydrogen-bond donors (Lipinski definition) is 1. The average molecular weight is 337 g/mol. The molecule has 0 aromatic heterocycles. The number of benzene rings is 2. The lowest BCUT2D eigenvalue weighted by Crippen LogP contribution is -2.13. The number of hydrogen-bond acceptors (Lipinski definition) is 3. The van der Waals surface area contributed by atoms with Crippen LogP contribution in [-0.2, 0) is 10.0 Å². The first kappa shape index (κ1) is 13.6. The predicted molar refractivity (Wildman–Crippen MR) is 76.1 cm³/mol. The van der Waals surface area contributed by atoms with E-state index in [9.17, 15) is 8.42 Å². The summed E-state index contributed by atoms with van der Waals surface area (Å²) in [5, 5.41) is 8.79. The number of nitrogens with one attached hydrogen (secondary N) is 1. The van der Waals surface area contributed by atoms with Gasteiger partial charge in [0.2, 0.25) is 0 Å². The van der Waals surface area contributed by atoms with Gasteiger partial charge in [-0.05, 0) is 46.3 Å². The summed E-state index contributed by atoms with van der Waals surface area (Å²) in [6, 6.07) is 14.7. The Kier molecular flexibility index (Phi) is 3.88. The SMILES string of the molecule is N#Cc1cccc(S(=O)(=O)Nc2ccccc2Br)c1. The molecule has 0 heterocycles. The Bertz CT molecular complexity index is 751. The van der Waals surface area contributed by atoms with Gasteiger partial charge in [-0.15, -0.1) is 0 Å². The lowest BCUT2D eigenvalue weighted by Gasteiger charge is -2.09. The Balaban J connectivity index is 2.39. The van der Waals surface area contributed by atoms with Gasteiger partial charge in [0.05, 0.1) is 22.2 Å². The first-order valence-electron chi connectivity index (χ1n) is 5.30. The van der Waals surface area contributed by atoms with Crippen LogP contribution in [0, 0.1) is 11.3 Å². The highest BCUT2D eigenvalue weighted by Crippen LogP contribution is 2.24. The van der Waals surface area contributed by atoms with Crippen LogP contribution in [0.2, 0.25) is 0 Å². The maximum atomic E-state index is 12.2. The van der Waals surface area contributed by atoms with Crippen molar-refractivity contribution in [2.75, 3.05) is 4.72 Å². The molecule has 0 amide bonds. The van der Waals surface area contributed by atoms with Crippen LogP contribution in [0.3, 0.4) is 0 Å². The molecule has 0 fully saturated rings. The molecule has 0 bridgehead atoms. The molecule has 0 spiro atoms. The van der Waals surface area contributed by atoms with Crippen molar-refractivity contribution in [3.8, 4) is 6.07 Å². The second kappa shape index (κ2) is 5.43. The van der Waals surface area contributed by atoms with Gasteiger partial charge in [0.1, 0.15) is 0 Å². The van der Waals surface area contributed by atoms with Crippen molar-refractivity contribution in [1.29, 1.82) is 5.26 Å². The molecule has 0 saturated carbocycles. The van der Waals surface area contributed by atoms with E-state index in [1.807, 2.05) is 6.07 Å². The third kappa shape index (κ3) is 3.13. The average Bonchev–Trinajstić information content (AvgIpc) is 2.41. The molecule has 0 aliphatic heterocycles. The molecule has 19 heavy (non-hydrogen) atoms. The van der Waals surface area contributed by atoms with Gasteiger partial charge in [-0.1, -0.05) is 18.2 Å². The van der Waals surface area contributed by atoms with Crippen LogP contribution in [0.15, 0.2) is 57.9 Å². The first-order valence-corrected chi connectivity index (χ1v) is 7.58. The summed E-state index contributed by atoms with van der Waals surface area (Å²) in [7, 11) is -3.70. The summed E-state index contributed by atoms with van der Waals surface area (Å²) in [6.07, 6.45) is 0. The molecule has 0 aliphatic rings. The van der Waals surface area contributed by atoms with Crippen LogP contribution in [-0.4, -0.2) is 8.42 Å². The summed E-state index contributed by atoms with van der Waals surface area (Å²) in [6.45, 7) is 0. The smallest absolute Gasteiger partial charge is 0.261 e. The van der Waals surface area contributed by atoms with Crippen LogP contribution < -0.4 is 4.72 Å². The molecule has 2 aromatic rings. The zero-order valence-corrected chi connectivity index (χ0v) is 12.1. The van der Waals surface area contributed by atoms with Gasteiger partial charge in [-0.2, -0.15) is 5.26 Å². The van der Waals surface area contributed by atoms with E-state index in [1.165, 1.54) is 18.2 Å². The number of anilines is 1. The van der Waals surface area contributed by atoms with Gasteiger partial charge in [-0.3, -0.25) is 4.72 Å². The summed E-state index contributed by atoms with van der Waals surface area (Å²) in [4.78, 5) is 0.0577. The fourth-order valence-corrected chi connectivity index (χ4v) is 3.12. The second-order valence-electron chi connectivity index (χ2n) is 3.72. The summed E-state index contributed by atoms with van der Waals surface area (Å²) >= 11 is 3.27. The monoisotopic (exact) mass is 336 g/mol. The fraction of sp³-hybridized carbons (Fsp3) is 0. The van der Waals surface area contributed by atoms with Gasteiger partial charge < -0.3 is 0 Å². The van der Waals surface area contributed by atoms with Crippen molar-refractivity contribution in [2.24, 2.45) is 0 Å². The van der Waals surface area contributed by atoms with E-state index < -0.39 is 10.0 Å². The van der Waals surface area contributed by atoms with Crippen LogP contribution in [0.4, 0.5) is 5.69 Å². The largest absolute Gasteiger partial charge is 0.278 e. The molecule has 2 rings (SSSR count). The zero-order valence-electron chi connectivity index (χ0n) is 9.67.